The molecule has 0 heterocycles. The van der Waals surface area contributed by atoms with Crippen molar-refractivity contribution in [1.82, 2.24) is 0 Å². The quantitative estimate of drug-likeness (QED) is 0.695. The molecule has 0 aliphatic carbocycles. The fraction of sp³-hybridized carbons (Fsp3) is 0.500. The van der Waals surface area contributed by atoms with Gasteiger partial charge in [0.2, 0.25) is 0 Å². The van der Waals surface area contributed by atoms with Gasteiger partial charge in [-0.15, -0.1) is 0 Å². The fourth-order valence-corrected chi connectivity index (χ4v) is 2.08. The molecule has 0 bridgehead atoms. The summed E-state index contributed by atoms with van der Waals surface area (Å²) in [7, 11) is 0. The lowest BCUT2D eigenvalue weighted by Crippen LogP contribution is -1.93. The minimum absolute atomic E-state index is 0.603. The first-order chi connectivity index (χ1) is 6.59. The average molecular weight is 276 g/mol. The van der Waals surface area contributed by atoms with E-state index in [-0.39, 0.29) is 0 Å². The van der Waals surface area contributed by atoms with Crippen LogP contribution in [0.5, 0.6) is 0 Å². The second kappa shape index (κ2) is 5.77. The number of benzene rings is 1. The molecule has 1 rings (SSSR count). The largest absolute Gasteiger partial charge is 0.0894 e. The molecule has 0 N–H and O–H groups in total. The molecule has 78 valence electrons. The van der Waals surface area contributed by atoms with Crippen LogP contribution in [0.3, 0.4) is 0 Å². The Morgan fingerprint density at radius 2 is 2.14 bits per heavy atom. The molecule has 0 spiro atoms. The third-order valence-electron chi connectivity index (χ3n) is 2.26. The SMILES string of the molecule is Cc1ccc(CCCC(C)Br)c(Cl)c1. The van der Waals surface area contributed by atoms with Crippen LogP contribution in [-0.4, -0.2) is 4.83 Å². The van der Waals surface area contributed by atoms with Gasteiger partial charge in [-0.25, -0.2) is 0 Å². The smallest absolute Gasteiger partial charge is 0.0440 e. The Kier molecular flexibility index (Phi) is 4.97. The van der Waals surface area contributed by atoms with Gasteiger partial charge in [-0.3, -0.25) is 0 Å². The lowest BCUT2D eigenvalue weighted by atomic mass is 10.1. The van der Waals surface area contributed by atoms with Crippen LogP contribution in [0.25, 0.3) is 0 Å². The molecule has 0 aromatic heterocycles. The summed E-state index contributed by atoms with van der Waals surface area (Å²) in [4.78, 5) is 0.603. The van der Waals surface area contributed by atoms with E-state index in [1.54, 1.807) is 0 Å². The Hall–Kier alpha value is -0.0100. The second-order valence-corrected chi connectivity index (χ2v) is 5.74. The molecule has 0 fully saturated rings. The molecule has 0 aliphatic heterocycles. The Labute approximate surface area is 99.8 Å². The molecule has 0 aliphatic rings. The highest BCUT2D eigenvalue weighted by Crippen LogP contribution is 2.20. The van der Waals surface area contributed by atoms with Gasteiger partial charge in [0.15, 0.2) is 0 Å². The number of hydrogen-bond donors (Lipinski definition) is 0. The summed E-state index contributed by atoms with van der Waals surface area (Å²) in [6, 6.07) is 6.30. The zero-order valence-electron chi connectivity index (χ0n) is 8.69. The van der Waals surface area contributed by atoms with Crippen molar-refractivity contribution in [1.29, 1.82) is 0 Å². The molecule has 2 heteroatoms. The minimum Gasteiger partial charge on any atom is -0.0894 e. The standard InChI is InChI=1S/C12H16BrCl/c1-9-6-7-11(12(14)8-9)5-3-4-10(2)13/h6-8,10H,3-5H2,1-2H3. The Bertz CT molecular complexity index is 294. The van der Waals surface area contributed by atoms with Crippen molar-refractivity contribution in [3.63, 3.8) is 0 Å². The first kappa shape index (κ1) is 12.1. The van der Waals surface area contributed by atoms with Crippen LogP contribution in [0.1, 0.15) is 30.9 Å². The summed E-state index contributed by atoms with van der Waals surface area (Å²) in [6.07, 6.45) is 3.47. The molecule has 0 saturated heterocycles. The van der Waals surface area contributed by atoms with Crippen LogP contribution in [0.2, 0.25) is 5.02 Å². The van der Waals surface area contributed by atoms with Crippen LogP contribution >= 0.6 is 27.5 Å². The first-order valence-electron chi connectivity index (χ1n) is 4.98. The van der Waals surface area contributed by atoms with Crippen LogP contribution in [0, 0.1) is 6.92 Å². The van der Waals surface area contributed by atoms with E-state index in [1.807, 2.05) is 6.07 Å². The van der Waals surface area contributed by atoms with Gasteiger partial charge in [-0.05, 0) is 43.4 Å². The molecule has 0 amide bonds. The maximum absolute atomic E-state index is 6.13. The molecule has 0 saturated carbocycles. The van der Waals surface area contributed by atoms with E-state index in [0.717, 1.165) is 11.4 Å². The topological polar surface area (TPSA) is 0 Å². The molecule has 1 aromatic rings. The number of aryl methyl sites for hydroxylation is 2. The number of hydrogen-bond acceptors (Lipinski definition) is 0. The normalized spacial score (nSPS) is 12.9. The van der Waals surface area contributed by atoms with Crippen molar-refractivity contribution in [2.24, 2.45) is 0 Å². The maximum atomic E-state index is 6.13. The molecule has 1 aromatic carbocycles. The van der Waals surface area contributed by atoms with Gasteiger partial charge < -0.3 is 0 Å². The monoisotopic (exact) mass is 274 g/mol. The summed E-state index contributed by atoms with van der Waals surface area (Å²) in [6.45, 7) is 4.24. The number of rotatable bonds is 4. The molecule has 14 heavy (non-hydrogen) atoms. The van der Waals surface area contributed by atoms with Crippen molar-refractivity contribution in [2.75, 3.05) is 0 Å². The van der Waals surface area contributed by atoms with Crippen molar-refractivity contribution in [3.05, 3.63) is 34.3 Å². The van der Waals surface area contributed by atoms with Crippen molar-refractivity contribution in [3.8, 4) is 0 Å². The van der Waals surface area contributed by atoms with Gasteiger partial charge in [0.05, 0.1) is 0 Å². The van der Waals surface area contributed by atoms with Gasteiger partial charge in [0.25, 0.3) is 0 Å². The van der Waals surface area contributed by atoms with Crippen molar-refractivity contribution < 1.29 is 0 Å². The van der Waals surface area contributed by atoms with E-state index < -0.39 is 0 Å². The highest BCUT2D eigenvalue weighted by molar-refractivity contribution is 9.09. The zero-order valence-corrected chi connectivity index (χ0v) is 11.0. The molecule has 1 unspecified atom stereocenters. The first-order valence-corrected chi connectivity index (χ1v) is 6.28. The van der Waals surface area contributed by atoms with E-state index in [2.05, 4.69) is 41.9 Å². The zero-order chi connectivity index (χ0) is 10.6. The lowest BCUT2D eigenvalue weighted by Gasteiger charge is -2.06. The average Bonchev–Trinajstić information content (AvgIpc) is 2.08. The van der Waals surface area contributed by atoms with Gasteiger partial charge in [-0.2, -0.15) is 0 Å². The fourth-order valence-electron chi connectivity index (χ4n) is 1.43. The van der Waals surface area contributed by atoms with Gasteiger partial charge in [-0.1, -0.05) is 46.6 Å². The van der Waals surface area contributed by atoms with Crippen LogP contribution in [0.4, 0.5) is 0 Å². The van der Waals surface area contributed by atoms with Gasteiger partial charge >= 0.3 is 0 Å². The Morgan fingerprint density at radius 1 is 1.43 bits per heavy atom. The van der Waals surface area contributed by atoms with E-state index in [0.29, 0.717) is 4.83 Å². The summed E-state index contributed by atoms with van der Waals surface area (Å²) >= 11 is 9.68. The summed E-state index contributed by atoms with van der Waals surface area (Å²) < 4.78 is 0. The van der Waals surface area contributed by atoms with E-state index in [9.17, 15) is 0 Å². The third kappa shape index (κ3) is 4.02. The summed E-state index contributed by atoms with van der Waals surface area (Å²) in [5, 5.41) is 0.909. The Morgan fingerprint density at radius 3 is 2.71 bits per heavy atom. The number of halogens is 2. The molecular weight excluding hydrogens is 259 g/mol. The van der Waals surface area contributed by atoms with Gasteiger partial charge in [0, 0.05) is 9.85 Å². The Balaban J connectivity index is 2.51. The minimum atomic E-state index is 0.603. The van der Waals surface area contributed by atoms with Gasteiger partial charge in [0.1, 0.15) is 0 Å². The predicted molar refractivity (Wildman–Crippen MR) is 67.5 cm³/mol. The highest BCUT2D eigenvalue weighted by atomic mass is 79.9. The molecule has 0 radical (unpaired) electrons. The lowest BCUT2D eigenvalue weighted by molar-refractivity contribution is 0.736. The van der Waals surface area contributed by atoms with Crippen LogP contribution < -0.4 is 0 Å². The van der Waals surface area contributed by atoms with Crippen molar-refractivity contribution in [2.45, 2.75) is 37.9 Å². The third-order valence-corrected chi connectivity index (χ3v) is 3.07. The predicted octanol–water partition coefficient (Wildman–Crippen LogP) is 4.75. The molecular formula is C12H16BrCl. The van der Waals surface area contributed by atoms with E-state index in [1.165, 1.54) is 24.0 Å². The molecule has 1 atom stereocenters. The number of alkyl halides is 1. The van der Waals surface area contributed by atoms with Crippen LogP contribution in [0.15, 0.2) is 18.2 Å². The summed E-state index contributed by atoms with van der Waals surface area (Å²) in [5.74, 6) is 0. The van der Waals surface area contributed by atoms with E-state index in [4.69, 9.17) is 11.6 Å². The highest BCUT2D eigenvalue weighted by Gasteiger charge is 2.01. The summed E-state index contributed by atoms with van der Waals surface area (Å²) in [5.41, 5.74) is 2.50. The second-order valence-electron chi connectivity index (χ2n) is 3.77. The van der Waals surface area contributed by atoms with Crippen LogP contribution in [-0.2, 0) is 6.42 Å². The molecule has 0 nitrogen and oxygen atoms in total. The van der Waals surface area contributed by atoms with Crippen molar-refractivity contribution >= 4 is 27.5 Å². The van der Waals surface area contributed by atoms with E-state index >= 15 is 0 Å². The maximum Gasteiger partial charge on any atom is 0.0440 e.